The molecule has 0 bridgehead atoms. The van der Waals surface area contributed by atoms with Crippen molar-refractivity contribution in [3.8, 4) is 0 Å². The fourth-order valence-corrected chi connectivity index (χ4v) is 4.50. The third-order valence-electron chi connectivity index (χ3n) is 5.23. The summed E-state index contributed by atoms with van der Waals surface area (Å²) in [5.41, 5.74) is 0.551. The van der Waals surface area contributed by atoms with Gasteiger partial charge in [-0.25, -0.2) is 4.98 Å². The van der Waals surface area contributed by atoms with E-state index in [0.29, 0.717) is 28.5 Å². The monoisotopic (exact) mass is 385 g/mol. The number of hydrogen-bond donors (Lipinski definition) is 1. The van der Waals surface area contributed by atoms with E-state index >= 15 is 0 Å². The van der Waals surface area contributed by atoms with Gasteiger partial charge in [0.05, 0.1) is 16.2 Å². The van der Waals surface area contributed by atoms with Gasteiger partial charge in [-0.15, -0.1) is 6.58 Å². The summed E-state index contributed by atoms with van der Waals surface area (Å²) < 4.78 is 1.59. The van der Waals surface area contributed by atoms with Crippen LogP contribution in [0.1, 0.15) is 39.5 Å². The standard InChI is InChI=1S/C21H27N3O2S/c1-4-13-24-20(26)16-10-6-8-12-18(16)23-21(24)27-15(3)19(25)22-17-11-7-5-9-14(17)2/h4,6,8,10,12,14-15,17H,1,5,7,9,11,13H2,2-3H3,(H,22,25). The van der Waals surface area contributed by atoms with Gasteiger partial charge >= 0.3 is 0 Å². The molecular weight excluding hydrogens is 358 g/mol. The van der Waals surface area contributed by atoms with Crippen molar-refractivity contribution in [1.29, 1.82) is 0 Å². The Morgan fingerprint density at radius 3 is 2.89 bits per heavy atom. The minimum atomic E-state index is -0.330. The third kappa shape index (κ3) is 4.43. The van der Waals surface area contributed by atoms with Crippen LogP contribution >= 0.6 is 11.8 Å². The first-order valence-electron chi connectivity index (χ1n) is 9.58. The minimum Gasteiger partial charge on any atom is -0.352 e. The number of allylic oxidation sites excluding steroid dienone is 1. The second-order valence-corrected chi connectivity index (χ2v) is 8.56. The summed E-state index contributed by atoms with van der Waals surface area (Å²) in [4.78, 5) is 30.2. The lowest BCUT2D eigenvalue weighted by atomic mass is 9.86. The normalized spacial score (nSPS) is 21.0. The number of hydrogen-bond acceptors (Lipinski definition) is 4. The molecule has 1 aliphatic rings. The molecule has 3 atom stereocenters. The first kappa shape index (κ1) is 19.7. The molecule has 3 unspecified atom stereocenters. The number of thioether (sulfide) groups is 1. The predicted molar refractivity (Wildman–Crippen MR) is 111 cm³/mol. The number of carbonyl (C=O) groups excluding carboxylic acids is 1. The largest absolute Gasteiger partial charge is 0.352 e. The lowest BCUT2D eigenvalue weighted by Gasteiger charge is -2.30. The number of para-hydroxylation sites is 1. The van der Waals surface area contributed by atoms with Crippen LogP contribution in [0.5, 0.6) is 0 Å². The van der Waals surface area contributed by atoms with E-state index in [4.69, 9.17) is 0 Å². The molecule has 0 saturated heterocycles. The van der Waals surface area contributed by atoms with Gasteiger partial charge in [-0.2, -0.15) is 0 Å². The van der Waals surface area contributed by atoms with Crippen molar-refractivity contribution >= 4 is 28.6 Å². The zero-order chi connectivity index (χ0) is 19.4. The summed E-state index contributed by atoms with van der Waals surface area (Å²) in [5, 5.41) is 4.00. The fraction of sp³-hybridized carbons (Fsp3) is 0.476. The van der Waals surface area contributed by atoms with Gasteiger partial charge in [-0.3, -0.25) is 14.2 Å². The molecule has 2 aromatic rings. The van der Waals surface area contributed by atoms with Crippen molar-refractivity contribution in [2.75, 3.05) is 0 Å². The van der Waals surface area contributed by atoms with Crippen molar-refractivity contribution in [1.82, 2.24) is 14.9 Å². The van der Waals surface area contributed by atoms with E-state index in [1.165, 1.54) is 24.6 Å². The maximum atomic E-state index is 12.8. The van der Waals surface area contributed by atoms with Crippen molar-refractivity contribution < 1.29 is 4.79 Å². The Hall–Kier alpha value is -2.08. The van der Waals surface area contributed by atoms with Crippen LogP contribution in [0.2, 0.25) is 0 Å². The number of benzene rings is 1. The molecule has 6 heteroatoms. The topological polar surface area (TPSA) is 64.0 Å². The number of fused-ring (bicyclic) bond motifs is 1. The van der Waals surface area contributed by atoms with Gasteiger partial charge in [-0.1, -0.05) is 49.7 Å². The molecule has 1 aliphatic carbocycles. The summed E-state index contributed by atoms with van der Waals surface area (Å²) in [7, 11) is 0. The second-order valence-electron chi connectivity index (χ2n) is 7.25. The number of carbonyl (C=O) groups is 1. The van der Waals surface area contributed by atoms with E-state index in [0.717, 1.165) is 12.8 Å². The third-order valence-corrected chi connectivity index (χ3v) is 6.32. The molecule has 1 aromatic heterocycles. The van der Waals surface area contributed by atoms with E-state index in [2.05, 4.69) is 23.8 Å². The Kier molecular flexibility index (Phi) is 6.37. The number of nitrogens with one attached hydrogen (secondary N) is 1. The Labute approximate surface area is 164 Å². The van der Waals surface area contributed by atoms with Gasteiger partial charge in [0.25, 0.3) is 5.56 Å². The highest BCUT2D eigenvalue weighted by molar-refractivity contribution is 8.00. The van der Waals surface area contributed by atoms with Crippen molar-refractivity contribution in [3.05, 3.63) is 47.3 Å². The number of rotatable bonds is 6. The molecule has 144 valence electrons. The van der Waals surface area contributed by atoms with Gasteiger partial charge in [0.15, 0.2) is 5.16 Å². The van der Waals surface area contributed by atoms with Gasteiger partial charge in [-0.05, 0) is 37.8 Å². The Balaban J connectivity index is 1.82. The molecule has 1 fully saturated rings. The van der Waals surface area contributed by atoms with E-state index in [1.807, 2.05) is 25.1 Å². The number of amides is 1. The molecule has 1 heterocycles. The average Bonchev–Trinajstić information content (AvgIpc) is 2.66. The SMILES string of the molecule is C=CCn1c(SC(C)C(=O)NC2CCCCC2C)nc2ccccc2c1=O. The first-order chi connectivity index (χ1) is 13.0. The van der Waals surface area contributed by atoms with Crippen molar-refractivity contribution in [3.63, 3.8) is 0 Å². The Morgan fingerprint density at radius 1 is 1.41 bits per heavy atom. The Bertz CT molecular complexity index is 893. The van der Waals surface area contributed by atoms with E-state index in [1.54, 1.807) is 16.7 Å². The van der Waals surface area contributed by atoms with Crippen LogP contribution < -0.4 is 10.9 Å². The average molecular weight is 386 g/mol. The lowest BCUT2D eigenvalue weighted by molar-refractivity contribution is -0.121. The second kappa shape index (κ2) is 8.74. The van der Waals surface area contributed by atoms with Gasteiger partial charge < -0.3 is 5.32 Å². The van der Waals surface area contributed by atoms with Crippen LogP contribution in [0, 0.1) is 5.92 Å². The molecular formula is C21H27N3O2S. The molecule has 0 radical (unpaired) electrons. The first-order valence-corrected chi connectivity index (χ1v) is 10.5. The van der Waals surface area contributed by atoms with Crippen molar-refractivity contribution in [2.45, 2.75) is 62.5 Å². The zero-order valence-corrected chi connectivity index (χ0v) is 16.8. The fourth-order valence-electron chi connectivity index (χ4n) is 3.57. The summed E-state index contributed by atoms with van der Waals surface area (Å²) >= 11 is 1.33. The molecule has 1 saturated carbocycles. The number of nitrogens with zero attached hydrogens (tertiary/aromatic N) is 2. The van der Waals surface area contributed by atoms with E-state index < -0.39 is 0 Å². The molecule has 0 spiro atoms. The lowest BCUT2D eigenvalue weighted by Crippen LogP contribution is -2.44. The highest BCUT2D eigenvalue weighted by Gasteiger charge is 2.26. The quantitative estimate of drug-likeness (QED) is 0.467. The van der Waals surface area contributed by atoms with Crippen LogP contribution in [0.3, 0.4) is 0 Å². The zero-order valence-electron chi connectivity index (χ0n) is 16.0. The van der Waals surface area contributed by atoms with E-state index in [-0.39, 0.29) is 22.8 Å². The van der Waals surface area contributed by atoms with Crippen LogP contribution in [-0.4, -0.2) is 26.8 Å². The van der Waals surface area contributed by atoms with Crippen LogP contribution in [0.15, 0.2) is 46.9 Å². The number of aromatic nitrogens is 2. The van der Waals surface area contributed by atoms with E-state index in [9.17, 15) is 9.59 Å². The van der Waals surface area contributed by atoms with Gasteiger partial charge in [0.2, 0.25) is 5.91 Å². The van der Waals surface area contributed by atoms with Crippen molar-refractivity contribution in [2.24, 2.45) is 5.92 Å². The highest BCUT2D eigenvalue weighted by Crippen LogP contribution is 2.26. The summed E-state index contributed by atoms with van der Waals surface area (Å²) in [6.45, 7) is 8.18. The smallest absolute Gasteiger partial charge is 0.262 e. The summed E-state index contributed by atoms with van der Waals surface area (Å²) in [5.74, 6) is 0.518. The van der Waals surface area contributed by atoms with Crippen LogP contribution in [0.25, 0.3) is 10.9 Å². The molecule has 5 nitrogen and oxygen atoms in total. The molecule has 1 N–H and O–H groups in total. The minimum absolute atomic E-state index is 0.00584. The predicted octanol–water partition coefficient (Wildman–Crippen LogP) is 3.76. The van der Waals surface area contributed by atoms with Gasteiger partial charge in [0, 0.05) is 12.6 Å². The molecule has 0 aliphatic heterocycles. The van der Waals surface area contributed by atoms with Crippen LogP contribution in [-0.2, 0) is 11.3 Å². The molecule has 3 rings (SSSR count). The summed E-state index contributed by atoms with van der Waals surface area (Å²) in [6.07, 6.45) is 6.29. The molecule has 27 heavy (non-hydrogen) atoms. The Morgan fingerprint density at radius 2 is 2.15 bits per heavy atom. The molecule has 1 amide bonds. The summed E-state index contributed by atoms with van der Waals surface area (Å²) in [6, 6.07) is 7.54. The van der Waals surface area contributed by atoms with Gasteiger partial charge in [0.1, 0.15) is 0 Å². The van der Waals surface area contributed by atoms with Crippen LogP contribution in [0.4, 0.5) is 0 Å². The maximum Gasteiger partial charge on any atom is 0.262 e. The maximum absolute atomic E-state index is 12.8. The molecule has 1 aromatic carbocycles. The highest BCUT2D eigenvalue weighted by atomic mass is 32.2.